The van der Waals surface area contributed by atoms with E-state index < -0.39 is 10.8 Å². The Morgan fingerprint density at radius 3 is 2.35 bits per heavy atom. The number of allylic oxidation sites excluding steroid dienone is 4. The first-order valence-corrected chi connectivity index (χ1v) is 16.5. The number of ether oxygens (including phenoxy) is 1. The number of urea groups is 1. The van der Waals surface area contributed by atoms with Crippen LogP contribution in [0.5, 0.6) is 0 Å². The fourth-order valence-electron chi connectivity index (χ4n) is 10.1. The van der Waals surface area contributed by atoms with Crippen LogP contribution >= 0.6 is 0 Å². The fourth-order valence-corrected chi connectivity index (χ4v) is 10.1. The van der Waals surface area contributed by atoms with E-state index >= 15 is 0 Å². The Bertz CT molecular complexity index is 1300. The van der Waals surface area contributed by atoms with Crippen molar-refractivity contribution >= 4 is 17.6 Å². The summed E-state index contributed by atoms with van der Waals surface area (Å²) in [5.41, 5.74) is -0.623. The number of nitrogens with one attached hydrogen (secondary N) is 1. The van der Waals surface area contributed by atoms with Crippen LogP contribution in [0.1, 0.15) is 107 Å². The van der Waals surface area contributed by atoms with Gasteiger partial charge in [0.15, 0.2) is 11.6 Å². The largest absolute Gasteiger partial charge is 0.378 e. The van der Waals surface area contributed by atoms with Gasteiger partial charge in [-0.3, -0.25) is 9.59 Å². The molecular formula is C36H53N3O4. The summed E-state index contributed by atoms with van der Waals surface area (Å²) < 4.78 is 5.50. The van der Waals surface area contributed by atoms with Crippen molar-refractivity contribution in [3.63, 3.8) is 0 Å². The molecule has 0 aromatic carbocycles. The predicted octanol–water partition coefficient (Wildman–Crippen LogP) is 6.78. The Balaban J connectivity index is 1.48. The van der Waals surface area contributed by atoms with E-state index in [4.69, 9.17) is 4.74 Å². The molecule has 236 valence electrons. The minimum atomic E-state index is -0.675. The van der Waals surface area contributed by atoms with E-state index in [0.29, 0.717) is 38.6 Å². The van der Waals surface area contributed by atoms with Gasteiger partial charge in [-0.25, -0.2) is 4.79 Å². The zero-order valence-corrected chi connectivity index (χ0v) is 27.8. The first-order chi connectivity index (χ1) is 19.9. The molecule has 7 heteroatoms. The lowest BCUT2D eigenvalue weighted by atomic mass is 9.40. The van der Waals surface area contributed by atoms with Gasteiger partial charge < -0.3 is 15.0 Å². The molecule has 0 aromatic heterocycles. The highest BCUT2D eigenvalue weighted by Crippen LogP contribution is 2.69. The molecule has 1 aliphatic heterocycles. The highest BCUT2D eigenvalue weighted by Gasteiger charge is 2.63. The van der Waals surface area contributed by atoms with Crippen molar-refractivity contribution in [1.82, 2.24) is 10.2 Å². The van der Waals surface area contributed by atoms with Gasteiger partial charge in [0.05, 0.1) is 18.8 Å². The van der Waals surface area contributed by atoms with Crippen LogP contribution in [0, 0.1) is 50.2 Å². The Labute approximate surface area is 258 Å². The molecule has 1 unspecified atom stereocenters. The lowest BCUT2D eigenvalue weighted by Gasteiger charge is -2.63. The van der Waals surface area contributed by atoms with Gasteiger partial charge in [0.2, 0.25) is 0 Å². The summed E-state index contributed by atoms with van der Waals surface area (Å²) >= 11 is 0. The van der Waals surface area contributed by atoms with Crippen LogP contribution in [-0.4, -0.2) is 54.3 Å². The summed E-state index contributed by atoms with van der Waals surface area (Å²) in [6, 6.07) is 2.19. The molecule has 1 heterocycles. The molecule has 0 radical (unpaired) electrons. The van der Waals surface area contributed by atoms with E-state index in [9.17, 15) is 19.6 Å². The molecule has 3 fully saturated rings. The van der Waals surface area contributed by atoms with Gasteiger partial charge in [-0.2, -0.15) is 5.26 Å². The lowest BCUT2D eigenvalue weighted by molar-refractivity contribution is -0.133. The number of Topliss-reactive ketones (excluding diaryl/α,β-unsaturated/α-hetero) is 1. The zero-order chi connectivity index (χ0) is 31.6. The van der Waals surface area contributed by atoms with Crippen molar-refractivity contribution in [2.45, 2.75) is 112 Å². The molecule has 2 amide bonds. The van der Waals surface area contributed by atoms with Crippen LogP contribution in [-0.2, 0) is 14.3 Å². The second-order valence-corrected chi connectivity index (χ2v) is 16.6. The molecule has 0 bridgehead atoms. The van der Waals surface area contributed by atoms with Crippen LogP contribution in [0.3, 0.4) is 0 Å². The molecule has 43 heavy (non-hydrogen) atoms. The number of morpholine rings is 1. The van der Waals surface area contributed by atoms with Crippen molar-refractivity contribution in [2.24, 2.45) is 38.9 Å². The average Bonchev–Trinajstić information content (AvgIpc) is 2.93. The minimum absolute atomic E-state index is 0.00261. The fraction of sp³-hybridized carbons (Fsp3) is 0.778. The number of nitrogens with zero attached hydrogens (tertiary/aromatic N) is 2. The van der Waals surface area contributed by atoms with Crippen LogP contribution in [0.2, 0.25) is 0 Å². The Kier molecular flexibility index (Phi) is 7.85. The summed E-state index contributed by atoms with van der Waals surface area (Å²) in [5.74, 6) is 0.367. The lowest BCUT2D eigenvalue weighted by Crippen LogP contribution is -2.61. The van der Waals surface area contributed by atoms with Gasteiger partial charge in [0, 0.05) is 35.9 Å². The SMILES string of the molecule is CC1CC(C)(C)CC[C@@]1(CC[C@]1(C)CC(=O)C=C2[C@@]3(C)C=C(C#N)C(=O)C(C)(C)[C@@H]3CC[C@]21C)NC(=O)N1CCOCC1. The second kappa shape index (κ2) is 10.6. The van der Waals surface area contributed by atoms with Crippen LogP contribution in [0.4, 0.5) is 4.79 Å². The zero-order valence-electron chi connectivity index (χ0n) is 27.8. The van der Waals surface area contributed by atoms with Crippen LogP contribution < -0.4 is 5.32 Å². The van der Waals surface area contributed by atoms with Gasteiger partial charge in [0.25, 0.3) is 0 Å². The average molecular weight is 592 g/mol. The predicted molar refractivity (Wildman–Crippen MR) is 167 cm³/mol. The molecule has 0 spiro atoms. The van der Waals surface area contributed by atoms with E-state index in [-0.39, 0.29) is 50.9 Å². The Morgan fingerprint density at radius 1 is 1.05 bits per heavy atom. The number of carbonyl (C=O) groups excluding carboxylic acids is 3. The van der Waals surface area contributed by atoms with Gasteiger partial charge in [-0.15, -0.1) is 0 Å². The highest BCUT2D eigenvalue weighted by atomic mass is 16.5. The third-order valence-electron chi connectivity index (χ3n) is 13.1. The first-order valence-electron chi connectivity index (χ1n) is 16.5. The van der Waals surface area contributed by atoms with Crippen molar-refractivity contribution in [2.75, 3.05) is 26.3 Å². The minimum Gasteiger partial charge on any atom is -0.378 e. The molecule has 1 N–H and O–H groups in total. The third kappa shape index (κ3) is 5.10. The van der Waals surface area contributed by atoms with E-state index in [1.807, 2.05) is 30.9 Å². The normalized spacial score (nSPS) is 40.4. The molecule has 5 aliphatic rings. The maximum atomic E-state index is 13.6. The Morgan fingerprint density at radius 2 is 1.72 bits per heavy atom. The molecule has 0 aromatic rings. The van der Waals surface area contributed by atoms with E-state index in [0.717, 1.165) is 50.5 Å². The van der Waals surface area contributed by atoms with E-state index in [2.05, 4.69) is 52.9 Å². The van der Waals surface area contributed by atoms with Crippen molar-refractivity contribution in [3.8, 4) is 6.07 Å². The van der Waals surface area contributed by atoms with Crippen molar-refractivity contribution in [1.29, 1.82) is 5.26 Å². The number of fused-ring (bicyclic) bond motifs is 3. The number of carbonyl (C=O) groups is 3. The molecule has 2 saturated carbocycles. The topological polar surface area (TPSA) is 99.5 Å². The van der Waals surface area contributed by atoms with Gasteiger partial charge >= 0.3 is 6.03 Å². The smallest absolute Gasteiger partial charge is 0.317 e. The van der Waals surface area contributed by atoms with Gasteiger partial charge in [-0.05, 0) is 79.1 Å². The quantitative estimate of drug-likeness (QED) is 0.389. The number of rotatable bonds is 4. The molecule has 1 saturated heterocycles. The first kappa shape index (κ1) is 31.9. The highest BCUT2D eigenvalue weighted by molar-refractivity contribution is 6.04. The monoisotopic (exact) mass is 591 g/mol. The summed E-state index contributed by atoms with van der Waals surface area (Å²) in [6.07, 6.45) is 10.6. The van der Waals surface area contributed by atoms with Crippen LogP contribution in [0.25, 0.3) is 0 Å². The molecule has 5 rings (SSSR count). The van der Waals surface area contributed by atoms with Crippen LogP contribution in [0.15, 0.2) is 23.3 Å². The third-order valence-corrected chi connectivity index (χ3v) is 13.1. The second-order valence-electron chi connectivity index (χ2n) is 16.6. The van der Waals surface area contributed by atoms with E-state index in [1.54, 1.807) is 0 Å². The van der Waals surface area contributed by atoms with Gasteiger partial charge in [-0.1, -0.05) is 67.0 Å². The Hall–Kier alpha value is -2.46. The van der Waals surface area contributed by atoms with Gasteiger partial charge in [0.1, 0.15) is 6.07 Å². The number of amides is 2. The maximum absolute atomic E-state index is 13.6. The molecule has 4 aliphatic carbocycles. The molecular weight excluding hydrogens is 538 g/mol. The summed E-state index contributed by atoms with van der Waals surface area (Å²) in [6.45, 7) is 20.0. The van der Waals surface area contributed by atoms with Crippen molar-refractivity contribution in [3.05, 3.63) is 23.3 Å². The molecule has 6 atom stereocenters. The summed E-state index contributed by atoms with van der Waals surface area (Å²) in [7, 11) is 0. The van der Waals surface area contributed by atoms with E-state index in [1.165, 1.54) is 0 Å². The maximum Gasteiger partial charge on any atom is 0.317 e. The number of ketones is 2. The standard InChI is InChI=1S/C36H53N3O4/c1-24-20-31(2,3)11-13-36(24,38-30(42)39-15-17-43-18-16-39)14-12-33(6)22-26(40)19-28-34(7)21-25(23-37)29(41)32(4,5)27(34)9-10-35(28,33)8/h19,21,24,27H,9-18,20,22H2,1-8H3,(H,38,42)/t24?,27-,33+,34-,35+,36-/m0/s1. The summed E-state index contributed by atoms with van der Waals surface area (Å²) in [4.78, 5) is 42.4. The molecule has 7 nitrogen and oxygen atoms in total. The summed E-state index contributed by atoms with van der Waals surface area (Å²) in [5, 5.41) is 13.5. The number of hydrogen-bond acceptors (Lipinski definition) is 5. The number of nitriles is 1. The number of hydrogen-bond donors (Lipinski definition) is 1. The van der Waals surface area contributed by atoms with Crippen molar-refractivity contribution < 1.29 is 19.1 Å².